The van der Waals surface area contributed by atoms with E-state index in [4.69, 9.17) is 4.98 Å². The molecule has 27 heavy (non-hydrogen) atoms. The molecule has 1 amide bonds. The van der Waals surface area contributed by atoms with Crippen LogP contribution in [0.2, 0.25) is 0 Å². The van der Waals surface area contributed by atoms with Crippen molar-refractivity contribution in [3.05, 3.63) is 29.3 Å². The molecular weight excluding hydrogens is 354 g/mol. The molecule has 2 saturated heterocycles. The van der Waals surface area contributed by atoms with E-state index in [0.29, 0.717) is 23.9 Å². The molecule has 3 atom stereocenters. The smallest absolute Gasteiger partial charge is 0.281 e. The molecular formula is C22H32N3OS+. The summed E-state index contributed by atoms with van der Waals surface area (Å²) in [5.74, 6) is 0.921. The molecule has 2 aromatic rings. The molecule has 1 N–H and O–H groups in total. The highest BCUT2D eigenvalue weighted by molar-refractivity contribution is 7.18. The lowest BCUT2D eigenvalue weighted by atomic mass is 9.94. The van der Waals surface area contributed by atoms with Crippen molar-refractivity contribution in [2.75, 3.05) is 13.1 Å². The second kappa shape index (κ2) is 7.88. The first kappa shape index (κ1) is 18.9. The Labute approximate surface area is 166 Å². The van der Waals surface area contributed by atoms with Gasteiger partial charge in [0.15, 0.2) is 6.04 Å². The summed E-state index contributed by atoms with van der Waals surface area (Å²) in [6.07, 6.45) is 5.83. The van der Waals surface area contributed by atoms with Gasteiger partial charge >= 0.3 is 0 Å². The summed E-state index contributed by atoms with van der Waals surface area (Å²) in [5, 5.41) is 1.28. The van der Waals surface area contributed by atoms with E-state index in [0.717, 1.165) is 44.3 Å². The number of likely N-dealkylation sites (tertiary alicyclic amines) is 2. The van der Waals surface area contributed by atoms with Gasteiger partial charge in [-0.25, -0.2) is 4.98 Å². The molecule has 2 fully saturated rings. The zero-order valence-electron chi connectivity index (χ0n) is 16.8. The Morgan fingerprint density at radius 1 is 1.15 bits per heavy atom. The van der Waals surface area contributed by atoms with E-state index in [1.54, 1.807) is 0 Å². The standard InChI is InChI=1S/C22H31N3OS/c1-15-7-6-8-16(2)25(15)22(26)17(3)24-13-11-18(12-14-24)21-23-19-9-4-5-10-20(19)27-21/h4-5,9-10,15-18H,6-8,11-14H2,1-3H3/p+1/t15-,16-,17-/m1/s1. The lowest BCUT2D eigenvalue weighted by Crippen LogP contribution is -3.17. The number of nitrogens with one attached hydrogen (secondary N) is 1. The maximum Gasteiger partial charge on any atom is 0.281 e. The van der Waals surface area contributed by atoms with E-state index in [1.807, 2.05) is 11.3 Å². The predicted molar refractivity (Wildman–Crippen MR) is 111 cm³/mol. The van der Waals surface area contributed by atoms with Gasteiger partial charge in [0.1, 0.15) is 0 Å². The van der Waals surface area contributed by atoms with Crippen LogP contribution in [0.15, 0.2) is 24.3 Å². The summed E-state index contributed by atoms with van der Waals surface area (Å²) in [6.45, 7) is 8.72. The summed E-state index contributed by atoms with van der Waals surface area (Å²) < 4.78 is 1.29. The molecule has 2 aliphatic rings. The quantitative estimate of drug-likeness (QED) is 0.879. The van der Waals surface area contributed by atoms with Crippen molar-refractivity contribution in [3.63, 3.8) is 0 Å². The second-order valence-corrected chi connectivity index (χ2v) is 9.61. The number of thiazole rings is 1. The maximum absolute atomic E-state index is 13.2. The van der Waals surface area contributed by atoms with Gasteiger partial charge in [-0.2, -0.15) is 0 Å². The minimum Gasteiger partial charge on any atom is -0.332 e. The number of hydrogen-bond donors (Lipinski definition) is 1. The Morgan fingerprint density at radius 3 is 2.48 bits per heavy atom. The zero-order chi connectivity index (χ0) is 19.0. The van der Waals surface area contributed by atoms with E-state index in [1.165, 1.54) is 21.0 Å². The fourth-order valence-corrected chi connectivity index (χ4v) is 6.12. The molecule has 0 bridgehead atoms. The van der Waals surface area contributed by atoms with Gasteiger partial charge in [0.2, 0.25) is 0 Å². The van der Waals surface area contributed by atoms with E-state index in [9.17, 15) is 4.79 Å². The van der Waals surface area contributed by atoms with E-state index < -0.39 is 0 Å². The molecule has 0 aliphatic carbocycles. The number of hydrogen-bond acceptors (Lipinski definition) is 3. The summed E-state index contributed by atoms with van der Waals surface area (Å²) in [6, 6.07) is 9.29. The fourth-order valence-electron chi connectivity index (χ4n) is 4.99. The van der Waals surface area contributed by atoms with Gasteiger partial charge in [-0.1, -0.05) is 12.1 Å². The third-order valence-electron chi connectivity index (χ3n) is 6.72. The number of rotatable bonds is 3. The van der Waals surface area contributed by atoms with Crippen LogP contribution in [0.3, 0.4) is 0 Å². The van der Waals surface area contributed by atoms with Crippen LogP contribution in [0.1, 0.15) is 63.8 Å². The van der Waals surface area contributed by atoms with Crippen molar-refractivity contribution in [1.29, 1.82) is 0 Å². The van der Waals surface area contributed by atoms with Crippen molar-refractivity contribution in [1.82, 2.24) is 9.88 Å². The first-order valence-electron chi connectivity index (χ1n) is 10.6. The van der Waals surface area contributed by atoms with Crippen molar-refractivity contribution >= 4 is 27.5 Å². The Balaban J connectivity index is 1.38. The molecule has 5 heteroatoms. The lowest BCUT2D eigenvalue weighted by Gasteiger charge is -2.42. The molecule has 0 saturated carbocycles. The minimum atomic E-state index is 0.0734. The van der Waals surface area contributed by atoms with Gasteiger partial charge in [0.25, 0.3) is 5.91 Å². The third kappa shape index (κ3) is 3.77. The molecule has 146 valence electrons. The number of benzene rings is 1. The number of aromatic nitrogens is 1. The molecule has 3 heterocycles. The molecule has 2 aliphatic heterocycles. The molecule has 4 rings (SSSR count). The molecule has 0 radical (unpaired) electrons. The maximum atomic E-state index is 13.2. The van der Waals surface area contributed by atoms with Crippen LogP contribution in [0.25, 0.3) is 10.2 Å². The fraction of sp³-hybridized carbons (Fsp3) is 0.636. The third-order valence-corrected chi connectivity index (χ3v) is 7.92. The number of quaternary nitrogens is 1. The highest BCUT2D eigenvalue weighted by Gasteiger charge is 2.38. The zero-order valence-corrected chi connectivity index (χ0v) is 17.6. The van der Waals surface area contributed by atoms with Gasteiger partial charge in [-0.05, 0) is 52.2 Å². The Kier molecular flexibility index (Phi) is 5.51. The number of piperidine rings is 2. The normalized spacial score (nSPS) is 30.4. The van der Waals surface area contributed by atoms with E-state index >= 15 is 0 Å². The molecule has 1 aromatic heterocycles. The Hall–Kier alpha value is -1.46. The number of amides is 1. The largest absolute Gasteiger partial charge is 0.332 e. The van der Waals surface area contributed by atoms with Crippen LogP contribution in [-0.2, 0) is 4.79 Å². The van der Waals surface area contributed by atoms with E-state index in [-0.39, 0.29) is 6.04 Å². The number of nitrogens with zero attached hydrogens (tertiary/aromatic N) is 2. The average Bonchev–Trinajstić information content (AvgIpc) is 3.11. The van der Waals surface area contributed by atoms with Crippen molar-refractivity contribution in [2.24, 2.45) is 0 Å². The highest BCUT2D eigenvalue weighted by Crippen LogP contribution is 2.31. The van der Waals surface area contributed by atoms with Gasteiger partial charge in [0.05, 0.1) is 28.3 Å². The van der Waals surface area contributed by atoms with Gasteiger partial charge in [0, 0.05) is 30.8 Å². The van der Waals surface area contributed by atoms with Crippen molar-refractivity contribution in [2.45, 2.75) is 76.9 Å². The van der Waals surface area contributed by atoms with Gasteiger partial charge < -0.3 is 9.80 Å². The number of fused-ring (bicyclic) bond motifs is 1. The van der Waals surface area contributed by atoms with Crippen molar-refractivity contribution < 1.29 is 9.69 Å². The van der Waals surface area contributed by atoms with E-state index in [2.05, 4.69) is 49.9 Å². The summed E-state index contributed by atoms with van der Waals surface area (Å²) in [7, 11) is 0. The topological polar surface area (TPSA) is 37.6 Å². The second-order valence-electron chi connectivity index (χ2n) is 8.55. The van der Waals surface area contributed by atoms with Gasteiger partial charge in [-0.15, -0.1) is 11.3 Å². The Morgan fingerprint density at radius 2 is 1.81 bits per heavy atom. The van der Waals surface area contributed by atoms with Crippen LogP contribution in [0.4, 0.5) is 0 Å². The predicted octanol–water partition coefficient (Wildman–Crippen LogP) is 3.24. The summed E-state index contributed by atoms with van der Waals surface area (Å²) in [5.41, 5.74) is 1.13. The molecule has 0 unspecified atom stereocenters. The number of carbonyl (C=O) groups excluding carboxylic acids is 1. The minimum absolute atomic E-state index is 0.0734. The van der Waals surface area contributed by atoms with Crippen molar-refractivity contribution in [3.8, 4) is 0 Å². The number of para-hydroxylation sites is 1. The highest BCUT2D eigenvalue weighted by atomic mass is 32.1. The van der Waals surface area contributed by atoms with Crippen LogP contribution in [-0.4, -0.2) is 47.0 Å². The Bertz CT molecular complexity index is 753. The molecule has 0 spiro atoms. The average molecular weight is 387 g/mol. The van der Waals surface area contributed by atoms with Gasteiger partial charge in [-0.3, -0.25) is 4.79 Å². The van der Waals surface area contributed by atoms with Crippen LogP contribution >= 0.6 is 11.3 Å². The van der Waals surface area contributed by atoms with Crippen LogP contribution < -0.4 is 4.90 Å². The van der Waals surface area contributed by atoms with Crippen LogP contribution in [0.5, 0.6) is 0 Å². The number of carbonyl (C=O) groups is 1. The first-order valence-corrected chi connectivity index (χ1v) is 11.4. The lowest BCUT2D eigenvalue weighted by molar-refractivity contribution is -0.919. The first-order chi connectivity index (χ1) is 13.0. The molecule has 4 nitrogen and oxygen atoms in total. The van der Waals surface area contributed by atoms with Crippen LogP contribution in [0, 0.1) is 0 Å². The summed E-state index contributed by atoms with van der Waals surface area (Å²) >= 11 is 1.85. The monoisotopic (exact) mass is 386 g/mol. The molecule has 1 aromatic carbocycles. The summed E-state index contributed by atoms with van der Waals surface area (Å²) in [4.78, 5) is 21.7. The SMILES string of the molecule is C[C@@H]1CCC[C@@H](C)N1C(=O)[C@@H](C)[NH+]1CCC(c2nc3ccccc3s2)CC1.